The summed E-state index contributed by atoms with van der Waals surface area (Å²) < 4.78 is 27.5. The van der Waals surface area contributed by atoms with E-state index < -0.39 is 12.6 Å². The summed E-state index contributed by atoms with van der Waals surface area (Å²) in [6.07, 6.45) is 1.12. The van der Waals surface area contributed by atoms with Crippen LogP contribution in [0.15, 0.2) is 12.1 Å². The summed E-state index contributed by atoms with van der Waals surface area (Å²) in [4.78, 5) is 11.7. The van der Waals surface area contributed by atoms with E-state index in [1.165, 1.54) is 13.2 Å². The first-order valence-corrected chi connectivity index (χ1v) is 6.71. The average Bonchev–Trinajstić information content (AvgIpc) is 2.45. The third kappa shape index (κ3) is 3.75. The second kappa shape index (κ2) is 7.12. The average molecular weight is 298 g/mol. The third-order valence-electron chi connectivity index (χ3n) is 3.21. The van der Waals surface area contributed by atoms with Crippen molar-refractivity contribution < 1.29 is 23.4 Å². The summed E-state index contributed by atoms with van der Waals surface area (Å²) >= 11 is 0. The van der Waals surface area contributed by atoms with Crippen LogP contribution in [0.1, 0.15) is 16.8 Å². The number of carbonyl (C=O) groups is 1. The van der Waals surface area contributed by atoms with Crippen LogP contribution in [-0.2, 0) is 9.47 Å². The molecule has 2 rings (SSSR count). The predicted octanol–water partition coefficient (Wildman–Crippen LogP) is 1.60. The van der Waals surface area contributed by atoms with Crippen LogP contribution in [0.5, 0.6) is 5.75 Å². The molecule has 0 spiro atoms. The Morgan fingerprint density at radius 2 is 2.33 bits per heavy atom. The van der Waals surface area contributed by atoms with Gasteiger partial charge in [0.05, 0.1) is 30.2 Å². The zero-order chi connectivity index (χ0) is 15.2. The monoisotopic (exact) mass is 298 g/mol. The lowest BCUT2D eigenvalue weighted by molar-refractivity contribution is -0.0410. The number of carbonyl (C=O) groups excluding carboxylic acids is 1. The topological polar surface area (TPSA) is 82.8 Å². The first kappa shape index (κ1) is 15.4. The van der Waals surface area contributed by atoms with E-state index in [4.69, 9.17) is 15.2 Å². The molecule has 1 aromatic rings. The maximum absolute atomic E-state index is 12.3. The van der Waals surface area contributed by atoms with Crippen molar-refractivity contribution >= 4 is 17.3 Å². The van der Waals surface area contributed by atoms with Gasteiger partial charge < -0.3 is 25.3 Å². The molecular weight excluding hydrogens is 279 g/mol. The minimum absolute atomic E-state index is 0.125. The second-order valence-electron chi connectivity index (χ2n) is 4.63. The van der Waals surface area contributed by atoms with E-state index in [1.807, 2.05) is 0 Å². The summed E-state index contributed by atoms with van der Waals surface area (Å²) in [6, 6.07) is 3.03. The zero-order valence-corrected chi connectivity index (χ0v) is 11.9. The summed E-state index contributed by atoms with van der Waals surface area (Å²) in [5.74, 6) is -0.254. The molecule has 1 fully saturated rings. The summed E-state index contributed by atoms with van der Waals surface area (Å²) in [5, 5.41) is 3.12. The van der Waals surface area contributed by atoms with Crippen LogP contribution < -0.4 is 15.8 Å². The van der Waals surface area contributed by atoms with Crippen molar-refractivity contribution in [1.82, 2.24) is 0 Å². The summed E-state index contributed by atoms with van der Waals surface area (Å²) in [5.41, 5.74) is 7.14. The molecule has 0 aromatic heterocycles. The van der Waals surface area contributed by atoms with E-state index >= 15 is 0 Å². The number of esters is 1. The third-order valence-corrected chi connectivity index (χ3v) is 3.21. The molecule has 1 aliphatic heterocycles. The van der Waals surface area contributed by atoms with E-state index in [0.717, 1.165) is 13.0 Å². The highest BCUT2D eigenvalue weighted by atomic mass is 19.1. The van der Waals surface area contributed by atoms with Crippen molar-refractivity contribution in [3.63, 3.8) is 0 Å². The molecule has 0 radical (unpaired) electrons. The number of hydrogen-bond acceptors (Lipinski definition) is 6. The Morgan fingerprint density at radius 3 is 2.90 bits per heavy atom. The normalized spacial score (nSPS) is 17.0. The van der Waals surface area contributed by atoms with Crippen molar-refractivity contribution in [2.45, 2.75) is 12.5 Å². The quantitative estimate of drug-likeness (QED) is 0.588. The standard InChI is InChI=1S/C14H19FN2O4/c1-19-14(18)9-6-11(17-8-10-2-4-20-10)13(16)12(7-9)21-5-3-15/h6-7,10,17H,2-5,8,16H2,1H3/t10-/m0/s1. The largest absolute Gasteiger partial charge is 0.489 e. The number of rotatable bonds is 7. The highest BCUT2D eigenvalue weighted by Gasteiger charge is 2.19. The number of hydrogen-bond donors (Lipinski definition) is 2. The van der Waals surface area contributed by atoms with Crippen molar-refractivity contribution in [1.29, 1.82) is 0 Å². The van der Waals surface area contributed by atoms with Gasteiger partial charge in [0, 0.05) is 13.2 Å². The Balaban J connectivity index is 2.19. The maximum Gasteiger partial charge on any atom is 0.338 e. The number of halogens is 1. The van der Waals surface area contributed by atoms with Gasteiger partial charge >= 0.3 is 5.97 Å². The number of nitrogens with two attached hydrogens (primary N) is 1. The van der Waals surface area contributed by atoms with Gasteiger partial charge in [0.15, 0.2) is 0 Å². The molecule has 1 aromatic carbocycles. The fourth-order valence-electron chi connectivity index (χ4n) is 1.95. The highest BCUT2D eigenvalue weighted by Crippen LogP contribution is 2.32. The molecule has 1 atom stereocenters. The molecule has 0 unspecified atom stereocenters. The Bertz CT molecular complexity index is 506. The first-order valence-electron chi connectivity index (χ1n) is 6.71. The molecule has 116 valence electrons. The number of benzene rings is 1. The van der Waals surface area contributed by atoms with E-state index in [1.54, 1.807) is 6.07 Å². The van der Waals surface area contributed by atoms with Crippen LogP contribution in [0.4, 0.5) is 15.8 Å². The molecule has 21 heavy (non-hydrogen) atoms. The fraction of sp³-hybridized carbons (Fsp3) is 0.500. The van der Waals surface area contributed by atoms with Gasteiger partial charge in [-0.25, -0.2) is 9.18 Å². The minimum atomic E-state index is -0.638. The van der Waals surface area contributed by atoms with Crippen molar-refractivity contribution in [2.24, 2.45) is 0 Å². The van der Waals surface area contributed by atoms with Gasteiger partial charge in [0.1, 0.15) is 19.0 Å². The van der Waals surface area contributed by atoms with E-state index in [2.05, 4.69) is 10.1 Å². The number of nitrogens with one attached hydrogen (secondary N) is 1. The molecule has 0 amide bonds. The lowest BCUT2D eigenvalue weighted by Gasteiger charge is -2.27. The molecule has 3 N–H and O–H groups in total. The molecule has 1 heterocycles. The molecule has 1 aliphatic rings. The number of methoxy groups -OCH3 is 1. The number of alkyl halides is 1. The van der Waals surface area contributed by atoms with Gasteiger partial charge in [-0.2, -0.15) is 0 Å². The van der Waals surface area contributed by atoms with Gasteiger partial charge in [-0.15, -0.1) is 0 Å². The second-order valence-corrected chi connectivity index (χ2v) is 4.63. The Labute approximate surface area is 122 Å². The molecule has 1 saturated heterocycles. The molecular formula is C14H19FN2O4. The fourth-order valence-corrected chi connectivity index (χ4v) is 1.95. The lowest BCUT2D eigenvalue weighted by Crippen LogP contribution is -2.33. The zero-order valence-electron chi connectivity index (χ0n) is 11.9. The van der Waals surface area contributed by atoms with Crippen LogP contribution in [0.2, 0.25) is 0 Å². The molecule has 0 aliphatic carbocycles. The lowest BCUT2D eigenvalue weighted by atomic mass is 10.1. The molecule has 7 heteroatoms. The first-order chi connectivity index (χ1) is 10.2. The number of nitrogen functional groups attached to an aromatic ring is 1. The van der Waals surface area contributed by atoms with Crippen LogP contribution >= 0.6 is 0 Å². The molecule has 6 nitrogen and oxygen atoms in total. The smallest absolute Gasteiger partial charge is 0.338 e. The minimum Gasteiger partial charge on any atom is -0.489 e. The van der Waals surface area contributed by atoms with Crippen molar-refractivity contribution in [3.8, 4) is 5.75 Å². The molecule has 0 saturated carbocycles. The van der Waals surface area contributed by atoms with Crippen LogP contribution in [-0.4, -0.2) is 45.6 Å². The van der Waals surface area contributed by atoms with Crippen LogP contribution in [0.3, 0.4) is 0 Å². The maximum atomic E-state index is 12.3. The van der Waals surface area contributed by atoms with Crippen LogP contribution in [0, 0.1) is 0 Å². The number of ether oxygens (including phenoxy) is 3. The van der Waals surface area contributed by atoms with E-state index in [-0.39, 0.29) is 24.0 Å². The Morgan fingerprint density at radius 1 is 1.57 bits per heavy atom. The summed E-state index contributed by atoms with van der Waals surface area (Å²) in [7, 11) is 1.29. The van der Waals surface area contributed by atoms with Gasteiger partial charge in [0.2, 0.25) is 0 Å². The predicted molar refractivity (Wildman–Crippen MR) is 76.5 cm³/mol. The van der Waals surface area contributed by atoms with Gasteiger partial charge in [-0.3, -0.25) is 0 Å². The van der Waals surface area contributed by atoms with Crippen molar-refractivity contribution in [2.75, 3.05) is 44.6 Å². The van der Waals surface area contributed by atoms with Gasteiger partial charge in [-0.1, -0.05) is 0 Å². The number of anilines is 2. The van der Waals surface area contributed by atoms with Crippen molar-refractivity contribution in [3.05, 3.63) is 17.7 Å². The Hall–Kier alpha value is -2.02. The molecule has 0 bridgehead atoms. The highest BCUT2D eigenvalue weighted by molar-refractivity contribution is 5.93. The van der Waals surface area contributed by atoms with E-state index in [0.29, 0.717) is 17.9 Å². The van der Waals surface area contributed by atoms with Crippen LogP contribution in [0.25, 0.3) is 0 Å². The van der Waals surface area contributed by atoms with E-state index in [9.17, 15) is 9.18 Å². The van der Waals surface area contributed by atoms with Gasteiger partial charge in [-0.05, 0) is 18.6 Å². The summed E-state index contributed by atoms with van der Waals surface area (Å²) in [6.45, 7) is 0.576. The Kier molecular flexibility index (Phi) is 5.21. The SMILES string of the molecule is COC(=O)c1cc(NC[C@@H]2CCO2)c(N)c(OCCF)c1. The van der Waals surface area contributed by atoms with Gasteiger partial charge in [0.25, 0.3) is 0 Å².